The van der Waals surface area contributed by atoms with Gasteiger partial charge in [0.25, 0.3) is 0 Å². The molecule has 0 aromatic heterocycles. The van der Waals surface area contributed by atoms with E-state index in [1.54, 1.807) is 0 Å². The molecule has 1 aromatic carbocycles. The molecule has 2 rings (SSSR count). The third-order valence-corrected chi connectivity index (χ3v) is 4.14. The van der Waals surface area contributed by atoms with Gasteiger partial charge in [-0.05, 0) is 69.6 Å². The summed E-state index contributed by atoms with van der Waals surface area (Å²) in [7, 11) is 0. The van der Waals surface area contributed by atoms with Gasteiger partial charge in [-0.15, -0.1) is 0 Å². The first-order valence-corrected chi connectivity index (χ1v) is 7.86. The SMILES string of the molecule is CCCN1CCC(NCCc2ccc(Cl)cc2)CC1. The fraction of sp³-hybridized carbons (Fsp3) is 0.625. The van der Waals surface area contributed by atoms with Gasteiger partial charge in [0, 0.05) is 11.1 Å². The maximum absolute atomic E-state index is 5.89. The summed E-state index contributed by atoms with van der Waals surface area (Å²) in [6.07, 6.45) is 4.95. The summed E-state index contributed by atoms with van der Waals surface area (Å²) in [6, 6.07) is 8.89. The maximum Gasteiger partial charge on any atom is 0.0406 e. The van der Waals surface area contributed by atoms with E-state index in [1.807, 2.05) is 12.1 Å². The Morgan fingerprint density at radius 2 is 1.89 bits per heavy atom. The normalized spacial score (nSPS) is 17.8. The lowest BCUT2D eigenvalue weighted by Gasteiger charge is -2.32. The third kappa shape index (κ3) is 5.13. The van der Waals surface area contributed by atoms with Crippen LogP contribution in [0.4, 0.5) is 0 Å². The average Bonchev–Trinajstić information content (AvgIpc) is 2.43. The third-order valence-electron chi connectivity index (χ3n) is 3.89. The Kier molecular flexibility index (Phi) is 6.15. The molecule has 19 heavy (non-hydrogen) atoms. The predicted molar refractivity (Wildman–Crippen MR) is 82.9 cm³/mol. The highest BCUT2D eigenvalue weighted by Gasteiger charge is 2.17. The van der Waals surface area contributed by atoms with Gasteiger partial charge in [-0.3, -0.25) is 0 Å². The van der Waals surface area contributed by atoms with Crippen LogP contribution in [0.3, 0.4) is 0 Å². The van der Waals surface area contributed by atoms with Crippen molar-refractivity contribution in [3.8, 4) is 0 Å². The Morgan fingerprint density at radius 3 is 2.53 bits per heavy atom. The van der Waals surface area contributed by atoms with Crippen LogP contribution in [0.15, 0.2) is 24.3 Å². The number of nitrogens with one attached hydrogen (secondary N) is 1. The van der Waals surface area contributed by atoms with Crippen molar-refractivity contribution in [2.45, 2.75) is 38.6 Å². The monoisotopic (exact) mass is 280 g/mol. The van der Waals surface area contributed by atoms with Gasteiger partial charge in [0.15, 0.2) is 0 Å². The molecule has 1 heterocycles. The molecular formula is C16H25ClN2. The van der Waals surface area contributed by atoms with Crippen LogP contribution < -0.4 is 5.32 Å². The second-order valence-electron chi connectivity index (χ2n) is 5.45. The second kappa shape index (κ2) is 7.88. The lowest BCUT2D eigenvalue weighted by Crippen LogP contribution is -2.43. The molecule has 3 heteroatoms. The van der Waals surface area contributed by atoms with Crippen molar-refractivity contribution < 1.29 is 0 Å². The molecular weight excluding hydrogens is 256 g/mol. The zero-order valence-electron chi connectivity index (χ0n) is 11.9. The molecule has 1 saturated heterocycles. The van der Waals surface area contributed by atoms with Crippen molar-refractivity contribution in [1.29, 1.82) is 0 Å². The van der Waals surface area contributed by atoms with Crippen LogP contribution in [0.25, 0.3) is 0 Å². The Balaban J connectivity index is 1.63. The molecule has 0 atom stereocenters. The van der Waals surface area contributed by atoms with Crippen LogP contribution in [0.1, 0.15) is 31.7 Å². The maximum atomic E-state index is 5.89. The second-order valence-corrected chi connectivity index (χ2v) is 5.88. The van der Waals surface area contributed by atoms with Gasteiger partial charge in [0.2, 0.25) is 0 Å². The van der Waals surface area contributed by atoms with Crippen molar-refractivity contribution in [2.75, 3.05) is 26.2 Å². The molecule has 1 aliphatic rings. The zero-order chi connectivity index (χ0) is 13.5. The topological polar surface area (TPSA) is 15.3 Å². The minimum Gasteiger partial charge on any atom is -0.314 e. The highest BCUT2D eigenvalue weighted by atomic mass is 35.5. The molecule has 0 aliphatic carbocycles. The van der Waals surface area contributed by atoms with Gasteiger partial charge in [0.05, 0.1) is 0 Å². The lowest BCUT2D eigenvalue weighted by molar-refractivity contribution is 0.198. The molecule has 1 aliphatic heterocycles. The van der Waals surface area contributed by atoms with Gasteiger partial charge in [-0.1, -0.05) is 30.7 Å². The number of nitrogens with zero attached hydrogens (tertiary/aromatic N) is 1. The summed E-state index contributed by atoms with van der Waals surface area (Å²) >= 11 is 5.89. The van der Waals surface area contributed by atoms with Crippen LogP contribution in [-0.2, 0) is 6.42 Å². The van der Waals surface area contributed by atoms with Crippen molar-refractivity contribution >= 4 is 11.6 Å². The number of rotatable bonds is 6. The number of likely N-dealkylation sites (tertiary alicyclic amines) is 1. The van der Waals surface area contributed by atoms with E-state index in [9.17, 15) is 0 Å². The summed E-state index contributed by atoms with van der Waals surface area (Å²) in [6.45, 7) is 7.10. The molecule has 0 amide bonds. The quantitative estimate of drug-likeness (QED) is 0.860. The molecule has 106 valence electrons. The summed E-state index contributed by atoms with van der Waals surface area (Å²) in [4.78, 5) is 2.58. The lowest BCUT2D eigenvalue weighted by atomic mass is 10.0. The van der Waals surface area contributed by atoms with E-state index in [0.717, 1.165) is 18.0 Å². The van der Waals surface area contributed by atoms with E-state index in [-0.39, 0.29) is 0 Å². The first kappa shape index (κ1) is 14.8. The molecule has 0 spiro atoms. The van der Waals surface area contributed by atoms with Crippen LogP contribution in [-0.4, -0.2) is 37.1 Å². The van der Waals surface area contributed by atoms with Gasteiger partial charge >= 0.3 is 0 Å². The summed E-state index contributed by atoms with van der Waals surface area (Å²) < 4.78 is 0. The molecule has 1 aromatic rings. The van der Waals surface area contributed by atoms with E-state index in [4.69, 9.17) is 11.6 Å². The molecule has 0 radical (unpaired) electrons. The molecule has 0 saturated carbocycles. The van der Waals surface area contributed by atoms with Crippen molar-refractivity contribution in [3.63, 3.8) is 0 Å². The number of hydrogen-bond donors (Lipinski definition) is 1. The molecule has 2 nitrogen and oxygen atoms in total. The molecule has 0 bridgehead atoms. The van der Waals surface area contributed by atoms with E-state index in [1.165, 1.54) is 44.5 Å². The predicted octanol–water partition coefficient (Wildman–Crippen LogP) is 3.35. The number of piperidine rings is 1. The van der Waals surface area contributed by atoms with E-state index >= 15 is 0 Å². The van der Waals surface area contributed by atoms with Crippen molar-refractivity contribution in [3.05, 3.63) is 34.9 Å². The van der Waals surface area contributed by atoms with Crippen LogP contribution in [0, 0.1) is 0 Å². The number of benzene rings is 1. The number of hydrogen-bond acceptors (Lipinski definition) is 2. The Hall–Kier alpha value is -0.570. The minimum atomic E-state index is 0.709. The smallest absolute Gasteiger partial charge is 0.0406 e. The minimum absolute atomic E-state index is 0.709. The van der Waals surface area contributed by atoms with Gasteiger partial charge in [-0.2, -0.15) is 0 Å². The van der Waals surface area contributed by atoms with Gasteiger partial charge in [-0.25, -0.2) is 0 Å². The summed E-state index contributed by atoms with van der Waals surface area (Å²) in [5.74, 6) is 0. The first-order valence-electron chi connectivity index (χ1n) is 7.48. The van der Waals surface area contributed by atoms with Gasteiger partial charge in [0.1, 0.15) is 0 Å². The zero-order valence-corrected chi connectivity index (χ0v) is 12.6. The summed E-state index contributed by atoms with van der Waals surface area (Å²) in [5.41, 5.74) is 1.36. The van der Waals surface area contributed by atoms with Gasteiger partial charge < -0.3 is 10.2 Å². The highest BCUT2D eigenvalue weighted by Crippen LogP contribution is 2.12. The van der Waals surface area contributed by atoms with E-state index in [2.05, 4.69) is 29.3 Å². The fourth-order valence-electron chi connectivity index (χ4n) is 2.75. The fourth-order valence-corrected chi connectivity index (χ4v) is 2.87. The molecule has 1 fully saturated rings. The Bertz CT molecular complexity index is 356. The Labute approximate surface area is 122 Å². The van der Waals surface area contributed by atoms with Crippen LogP contribution >= 0.6 is 11.6 Å². The van der Waals surface area contributed by atoms with E-state index < -0.39 is 0 Å². The van der Waals surface area contributed by atoms with E-state index in [0.29, 0.717) is 6.04 Å². The van der Waals surface area contributed by atoms with Crippen LogP contribution in [0.2, 0.25) is 5.02 Å². The van der Waals surface area contributed by atoms with Crippen molar-refractivity contribution in [2.24, 2.45) is 0 Å². The number of halogens is 1. The highest BCUT2D eigenvalue weighted by molar-refractivity contribution is 6.30. The standard InChI is InChI=1S/C16H25ClN2/c1-2-11-19-12-8-16(9-13-19)18-10-7-14-3-5-15(17)6-4-14/h3-6,16,18H,2,7-13H2,1H3. The van der Waals surface area contributed by atoms with Crippen molar-refractivity contribution in [1.82, 2.24) is 10.2 Å². The van der Waals surface area contributed by atoms with Crippen LogP contribution in [0.5, 0.6) is 0 Å². The largest absolute Gasteiger partial charge is 0.314 e. The average molecular weight is 281 g/mol. The first-order chi connectivity index (χ1) is 9.28. The molecule has 0 unspecified atom stereocenters. The summed E-state index contributed by atoms with van der Waals surface area (Å²) in [5, 5.41) is 4.51. The Morgan fingerprint density at radius 1 is 1.21 bits per heavy atom. The molecule has 1 N–H and O–H groups in total.